The third-order valence-electron chi connectivity index (χ3n) is 2.26. The molecule has 88 valence electrons. The molecule has 0 radical (unpaired) electrons. The fraction of sp³-hybridized carbons (Fsp3) is 0.0909. The van der Waals surface area contributed by atoms with Gasteiger partial charge in [0.1, 0.15) is 5.82 Å². The zero-order valence-electron chi connectivity index (χ0n) is 8.58. The molecule has 0 fully saturated rings. The van der Waals surface area contributed by atoms with Gasteiger partial charge in [0.15, 0.2) is 0 Å². The molecule has 1 heterocycles. The number of hydrogen-bond acceptors (Lipinski definition) is 2. The van der Waals surface area contributed by atoms with Crippen LogP contribution >= 0.6 is 11.6 Å². The average Bonchev–Trinajstić information content (AvgIpc) is 2.69. The number of H-pyrrole nitrogens is 1. The van der Waals surface area contributed by atoms with Gasteiger partial charge < -0.3 is 5.11 Å². The van der Waals surface area contributed by atoms with Gasteiger partial charge in [-0.3, -0.25) is 9.89 Å². The Bertz CT molecular complexity index is 568. The highest BCUT2D eigenvalue weighted by atomic mass is 35.5. The van der Waals surface area contributed by atoms with Crippen LogP contribution in [0.5, 0.6) is 0 Å². The Hall–Kier alpha value is -1.88. The number of halogens is 2. The van der Waals surface area contributed by atoms with Crippen LogP contribution in [0.3, 0.4) is 0 Å². The Morgan fingerprint density at radius 3 is 2.94 bits per heavy atom. The van der Waals surface area contributed by atoms with Crippen LogP contribution in [-0.2, 0) is 11.2 Å². The van der Waals surface area contributed by atoms with Crippen molar-refractivity contribution in [2.24, 2.45) is 0 Å². The summed E-state index contributed by atoms with van der Waals surface area (Å²) < 4.78 is 13.6. The predicted molar refractivity (Wildman–Crippen MR) is 60.3 cm³/mol. The molecule has 0 spiro atoms. The number of benzene rings is 1. The zero-order chi connectivity index (χ0) is 12.4. The van der Waals surface area contributed by atoms with Gasteiger partial charge in [-0.15, -0.1) is 0 Å². The second-order valence-corrected chi connectivity index (χ2v) is 3.89. The van der Waals surface area contributed by atoms with E-state index in [0.29, 0.717) is 16.3 Å². The first-order chi connectivity index (χ1) is 8.08. The van der Waals surface area contributed by atoms with Crippen molar-refractivity contribution >= 4 is 17.6 Å². The van der Waals surface area contributed by atoms with Gasteiger partial charge in [-0.1, -0.05) is 11.6 Å². The van der Waals surface area contributed by atoms with Crippen molar-refractivity contribution in [1.82, 2.24) is 10.2 Å². The lowest BCUT2D eigenvalue weighted by molar-refractivity contribution is -0.136. The number of nitrogens with one attached hydrogen (secondary N) is 1. The molecule has 0 atom stereocenters. The molecule has 0 amide bonds. The fourth-order valence-electron chi connectivity index (χ4n) is 1.53. The van der Waals surface area contributed by atoms with E-state index in [1.54, 1.807) is 0 Å². The van der Waals surface area contributed by atoms with E-state index in [-0.39, 0.29) is 12.0 Å². The van der Waals surface area contributed by atoms with E-state index >= 15 is 0 Å². The smallest absolute Gasteiger partial charge is 0.309 e. The van der Waals surface area contributed by atoms with Crippen molar-refractivity contribution in [2.75, 3.05) is 0 Å². The van der Waals surface area contributed by atoms with Crippen LogP contribution in [0.1, 0.15) is 5.69 Å². The molecule has 6 heteroatoms. The molecule has 0 saturated heterocycles. The Balaban J connectivity index is 2.49. The first-order valence-corrected chi connectivity index (χ1v) is 5.15. The number of aromatic nitrogens is 2. The van der Waals surface area contributed by atoms with E-state index in [1.807, 2.05) is 0 Å². The Labute approximate surface area is 101 Å². The van der Waals surface area contributed by atoms with E-state index in [0.717, 1.165) is 0 Å². The predicted octanol–water partition coefficient (Wildman–Crippen LogP) is 2.50. The van der Waals surface area contributed by atoms with Crippen LogP contribution in [0.15, 0.2) is 24.4 Å². The van der Waals surface area contributed by atoms with Gasteiger partial charge in [0, 0.05) is 16.1 Å². The van der Waals surface area contributed by atoms with Crippen molar-refractivity contribution in [1.29, 1.82) is 0 Å². The summed E-state index contributed by atoms with van der Waals surface area (Å²) in [6, 6.07) is 4.10. The van der Waals surface area contributed by atoms with Gasteiger partial charge in [-0.25, -0.2) is 4.39 Å². The summed E-state index contributed by atoms with van der Waals surface area (Å²) >= 11 is 5.78. The van der Waals surface area contributed by atoms with E-state index in [4.69, 9.17) is 16.7 Å². The van der Waals surface area contributed by atoms with Gasteiger partial charge in [0.2, 0.25) is 0 Å². The maximum Gasteiger partial charge on any atom is 0.309 e. The van der Waals surface area contributed by atoms with Gasteiger partial charge in [-0.05, 0) is 18.2 Å². The first kappa shape index (κ1) is 11.6. The molecular formula is C11H8ClFN2O2. The maximum atomic E-state index is 13.6. The summed E-state index contributed by atoms with van der Waals surface area (Å²) in [6.07, 6.45) is 1.13. The second-order valence-electron chi connectivity index (χ2n) is 3.46. The number of rotatable bonds is 3. The van der Waals surface area contributed by atoms with Crippen LogP contribution in [0, 0.1) is 5.82 Å². The first-order valence-electron chi connectivity index (χ1n) is 4.77. The van der Waals surface area contributed by atoms with Crippen LogP contribution in [-0.4, -0.2) is 21.3 Å². The number of hydrogen-bond donors (Lipinski definition) is 2. The lowest BCUT2D eigenvalue weighted by Crippen LogP contribution is -2.02. The molecule has 0 aliphatic carbocycles. The third-order valence-corrected chi connectivity index (χ3v) is 2.50. The van der Waals surface area contributed by atoms with Crippen LogP contribution < -0.4 is 0 Å². The van der Waals surface area contributed by atoms with Gasteiger partial charge in [-0.2, -0.15) is 5.10 Å². The van der Waals surface area contributed by atoms with Crippen LogP contribution in [0.4, 0.5) is 4.39 Å². The largest absolute Gasteiger partial charge is 0.481 e. The Kier molecular flexibility index (Phi) is 3.10. The molecule has 0 saturated carbocycles. The standard InChI is InChI=1S/C11H8ClFN2O2/c12-6-1-2-9(13)7(3-6)8-5-14-15-10(8)4-11(16)17/h1-3,5H,4H2,(H,14,15)(H,16,17). The molecule has 0 bridgehead atoms. The summed E-state index contributed by atoms with van der Waals surface area (Å²) in [4.78, 5) is 10.6. The topological polar surface area (TPSA) is 66.0 Å². The zero-order valence-corrected chi connectivity index (χ0v) is 9.33. The number of carbonyl (C=O) groups is 1. The minimum Gasteiger partial charge on any atom is -0.481 e. The van der Waals surface area contributed by atoms with E-state index < -0.39 is 11.8 Å². The van der Waals surface area contributed by atoms with Crippen LogP contribution in [0.25, 0.3) is 11.1 Å². The molecule has 17 heavy (non-hydrogen) atoms. The Morgan fingerprint density at radius 2 is 2.24 bits per heavy atom. The Morgan fingerprint density at radius 1 is 1.47 bits per heavy atom. The fourth-order valence-corrected chi connectivity index (χ4v) is 1.71. The van der Waals surface area contributed by atoms with E-state index in [2.05, 4.69) is 10.2 Å². The summed E-state index contributed by atoms with van der Waals surface area (Å²) in [5, 5.41) is 15.4. The number of aliphatic carboxylic acids is 1. The quantitative estimate of drug-likeness (QED) is 0.884. The molecular weight excluding hydrogens is 247 g/mol. The lowest BCUT2D eigenvalue weighted by atomic mass is 10.0. The molecule has 2 rings (SSSR count). The number of aromatic amines is 1. The summed E-state index contributed by atoms with van der Waals surface area (Å²) in [7, 11) is 0. The maximum absolute atomic E-state index is 13.6. The minimum absolute atomic E-state index is 0.238. The van der Waals surface area contributed by atoms with Gasteiger partial charge in [0.25, 0.3) is 0 Å². The highest BCUT2D eigenvalue weighted by molar-refractivity contribution is 6.30. The molecule has 2 aromatic rings. The highest BCUT2D eigenvalue weighted by Crippen LogP contribution is 2.27. The average molecular weight is 255 g/mol. The normalized spacial score (nSPS) is 10.5. The van der Waals surface area contributed by atoms with Crippen molar-refractivity contribution < 1.29 is 14.3 Å². The van der Waals surface area contributed by atoms with Gasteiger partial charge in [0.05, 0.1) is 18.3 Å². The van der Waals surface area contributed by atoms with Crippen molar-refractivity contribution in [3.63, 3.8) is 0 Å². The van der Waals surface area contributed by atoms with E-state index in [9.17, 15) is 9.18 Å². The molecule has 1 aromatic heterocycles. The molecule has 0 unspecified atom stereocenters. The molecule has 1 aromatic carbocycles. The summed E-state index contributed by atoms with van der Waals surface area (Å²) in [5.74, 6) is -1.49. The number of carboxylic acid groups (broad SMARTS) is 1. The highest BCUT2D eigenvalue weighted by Gasteiger charge is 2.14. The molecule has 2 N–H and O–H groups in total. The second kappa shape index (κ2) is 4.55. The monoisotopic (exact) mass is 254 g/mol. The third kappa shape index (κ3) is 2.45. The summed E-state index contributed by atoms with van der Waals surface area (Å²) in [5.41, 5.74) is 0.994. The van der Waals surface area contributed by atoms with Crippen molar-refractivity contribution in [2.45, 2.75) is 6.42 Å². The minimum atomic E-state index is -1.02. The van der Waals surface area contributed by atoms with Crippen LogP contribution in [0.2, 0.25) is 5.02 Å². The SMILES string of the molecule is O=C(O)Cc1[nH]ncc1-c1cc(Cl)ccc1F. The molecule has 4 nitrogen and oxygen atoms in total. The molecule has 0 aliphatic rings. The molecule has 0 aliphatic heterocycles. The van der Waals surface area contributed by atoms with Crippen molar-refractivity contribution in [3.05, 3.63) is 40.9 Å². The summed E-state index contributed by atoms with van der Waals surface area (Å²) in [6.45, 7) is 0. The van der Waals surface area contributed by atoms with Crippen molar-refractivity contribution in [3.8, 4) is 11.1 Å². The lowest BCUT2D eigenvalue weighted by Gasteiger charge is -2.03. The number of nitrogens with zero attached hydrogens (tertiary/aromatic N) is 1. The number of carboxylic acids is 1. The van der Waals surface area contributed by atoms with E-state index in [1.165, 1.54) is 24.4 Å². The van der Waals surface area contributed by atoms with Gasteiger partial charge >= 0.3 is 5.97 Å².